The number of aromatic nitrogens is 5. The minimum Gasteiger partial charge on any atom is -0.494 e. The van der Waals surface area contributed by atoms with Gasteiger partial charge < -0.3 is 14.5 Å². The molecule has 1 aliphatic heterocycles. The standard InChI is InChI=1S/C25H26FN9O2/c1-37-20-6-5-19(34(28)13-27)17(22(20)26)10-29-25(36)23-31-24-16(8-9-35(24)32-23)18-12-33-11-15(14-2-3-14)4-7-21(33)30-18/h4-7,11-14,16,27H,2-3,8-10,28H2,1H3,(H,29,36). The summed E-state index contributed by atoms with van der Waals surface area (Å²) in [6.45, 7) is 0.430. The second kappa shape index (κ2) is 8.96. The first-order valence-corrected chi connectivity index (χ1v) is 12.1. The quantitative estimate of drug-likeness (QED) is 0.145. The van der Waals surface area contributed by atoms with Gasteiger partial charge in [-0.3, -0.25) is 15.2 Å². The molecule has 190 valence electrons. The van der Waals surface area contributed by atoms with Crippen LogP contribution in [0.3, 0.4) is 0 Å². The van der Waals surface area contributed by atoms with Gasteiger partial charge in [0.05, 0.1) is 24.4 Å². The average molecular weight is 504 g/mol. The number of methoxy groups -OCH3 is 1. The maximum atomic E-state index is 14.9. The van der Waals surface area contributed by atoms with Crippen LogP contribution in [0.1, 0.15) is 64.4 Å². The molecule has 0 spiro atoms. The number of hydrazine groups is 1. The Morgan fingerprint density at radius 2 is 2.11 bits per heavy atom. The van der Waals surface area contributed by atoms with Gasteiger partial charge in [-0.25, -0.2) is 24.9 Å². The molecule has 11 nitrogen and oxygen atoms in total. The van der Waals surface area contributed by atoms with Gasteiger partial charge in [0.1, 0.15) is 17.8 Å². The molecule has 1 amide bonds. The van der Waals surface area contributed by atoms with Crippen molar-refractivity contribution in [3.05, 3.63) is 70.9 Å². The molecule has 6 rings (SSSR count). The number of nitrogens with two attached hydrogens (primary N) is 1. The van der Waals surface area contributed by atoms with Gasteiger partial charge in [0.2, 0.25) is 5.82 Å². The molecule has 3 aromatic heterocycles. The molecule has 4 N–H and O–H groups in total. The predicted octanol–water partition coefficient (Wildman–Crippen LogP) is 2.70. The second-order valence-corrected chi connectivity index (χ2v) is 9.32. The summed E-state index contributed by atoms with van der Waals surface area (Å²) in [5, 5.41) is 15.4. The van der Waals surface area contributed by atoms with Gasteiger partial charge in [0.15, 0.2) is 11.6 Å². The molecule has 1 atom stereocenters. The molecular weight excluding hydrogens is 477 g/mol. The minimum absolute atomic E-state index is 0.000923. The van der Waals surface area contributed by atoms with Gasteiger partial charge in [-0.1, -0.05) is 6.07 Å². The van der Waals surface area contributed by atoms with Gasteiger partial charge in [-0.05, 0) is 48.9 Å². The van der Waals surface area contributed by atoms with E-state index in [1.807, 2.05) is 12.3 Å². The van der Waals surface area contributed by atoms with E-state index < -0.39 is 11.7 Å². The number of nitrogens with one attached hydrogen (secondary N) is 2. The second-order valence-electron chi connectivity index (χ2n) is 9.32. The van der Waals surface area contributed by atoms with Crippen LogP contribution in [0.5, 0.6) is 5.75 Å². The Kier molecular flexibility index (Phi) is 5.60. The van der Waals surface area contributed by atoms with E-state index in [1.165, 1.54) is 37.6 Å². The highest BCUT2D eigenvalue weighted by molar-refractivity contribution is 5.90. The van der Waals surface area contributed by atoms with Gasteiger partial charge in [-0.15, -0.1) is 5.10 Å². The number of pyridine rings is 1. The fourth-order valence-corrected chi connectivity index (χ4v) is 4.86. The van der Waals surface area contributed by atoms with E-state index in [4.69, 9.17) is 21.0 Å². The monoisotopic (exact) mass is 503 g/mol. The lowest BCUT2D eigenvalue weighted by atomic mass is 10.0. The SMILES string of the molecule is COc1ccc(N(N)C=N)c(CNC(=O)c2nc3n(n2)CCC3c2cn3cc(C4CC4)ccc3n2)c1F. The number of fused-ring (bicyclic) bond motifs is 2. The highest BCUT2D eigenvalue weighted by atomic mass is 19.1. The first kappa shape index (κ1) is 23.1. The van der Waals surface area contributed by atoms with Crippen LogP contribution in [0.25, 0.3) is 5.65 Å². The maximum Gasteiger partial charge on any atom is 0.291 e. The van der Waals surface area contributed by atoms with Crippen LogP contribution >= 0.6 is 0 Å². The van der Waals surface area contributed by atoms with E-state index in [9.17, 15) is 9.18 Å². The van der Waals surface area contributed by atoms with Crippen LogP contribution in [0.2, 0.25) is 0 Å². The average Bonchev–Trinajstić information content (AvgIpc) is 3.35. The third kappa shape index (κ3) is 4.08. The van der Waals surface area contributed by atoms with Crippen molar-refractivity contribution in [3.8, 4) is 5.75 Å². The number of aryl methyl sites for hydroxylation is 1. The van der Waals surface area contributed by atoms with E-state index in [2.05, 4.69) is 32.1 Å². The molecule has 1 aromatic carbocycles. The van der Waals surface area contributed by atoms with Crippen LogP contribution in [0.15, 0.2) is 36.7 Å². The van der Waals surface area contributed by atoms with Crippen molar-refractivity contribution >= 4 is 23.6 Å². The summed E-state index contributed by atoms with van der Waals surface area (Å²) < 4.78 is 23.8. The Balaban J connectivity index is 1.22. The molecule has 1 fully saturated rings. The summed E-state index contributed by atoms with van der Waals surface area (Å²) in [5.41, 5.74) is 3.41. The molecule has 1 unspecified atom stereocenters. The molecule has 4 heterocycles. The van der Waals surface area contributed by atoms with Crippen LogP contribution in [0, 0.1) is 11.2 Å². The number of amides is 1. The largest absolute Gasteiger partial charge is 0.494 e. The molecule has 1 saturated carbocycles. The molecule has 12 heteroatoms. The van der Waals surface area contributed by atoms with Gasteiger partial charge in [-0.2, -0.15) is 0 Å². The number of halogens is 1. The number of carbonyl (C=O) groups excluding carboxylic acids is 1. The lowest BCUT2D eigenvalue weighted by Gasteiger charge is -2.18. The Hall–Kier alpha value is -4.32. The number of carbonyl (C=O) groups is 1. The number of anilines is 1. The fourth-order valence-electron chi connectivity index (χ4n) is 4.86. The van der Waals surface area contributed by atoms with Crippen molar-refractivity contribution in [3.63, 3.8) is 0 Å². The third-order valence-electron chi connectivity index (χ3n) is 6.99. The van der Waals surface area contributed by atoms with E-state index in [0.29, 0.717) is 18.3 Å². The van der Waals surface area contributed by atoms with E-state index >= 15 is 0 Å². The Labute approximate surface area is 211 Å². The number of benzene rings is 1. The van der Waals surface area contributed by atoms with Crippen LogP contribution in [0.4, 0.5) is 10.1 Å². The van der Waals surface area contributed by atoms with Crippen molar-refractivity contribution in [2.75, 3.05) is 12.1 Å². The summed E-state index contributed by atoms with van der Waals surface area (Å²) >= 11 is 0. The Morgan fingerprint density at radius 3 is 2.86 bits per heavy atom. The van der Waals surface area contributed by atoms with Crippen LogP contribution in [-0.2, 0) is 13.1 Å². The number of imidazole rings is 1. The molecule has 4 aromatic rings. The summed E-state index contributed by atoms with van der Waals surface area (Å²) in [6.07, 6.45) is 8.30. The lowest BCUT2D eigenvalue weighted by Crippen LogP contribution is -2.32. The zero-order chi connectivity index (χ0) is 25.7. The molecule has 0 saturated heterocycles. The molecule has 0 radical (unpaired) electrons. The molecular formula is C25H26FN9O2. The molecule has 1 aliphatic carbocycles. The van der Waals surface area contributed by atoms with Gasteiger partial charge in [0.25, 0.3) is 5.91 Å². The van der Waals surface area contributed by atoms with Crippen LogP contribution in [-0.4, -0.2) is 43.5 Å². The summed E-state index contributed by atoms with van der Waals surface area (Å²) in [4.78, 5) is 22.2. The molecule has 0 bridgehead atoms. The van der Waals surface area contributed by atoms with Crippen molar-refractivity contribution in [1.82, 2.24) is 29.5 Å². The predicted molar refractivity (Wildman–Crippen MR) is 133 cm³/mol. The topological polar surface area (TPSA) is 139 Å². The van der Waals surface area contributed by atoms with Crippen molar-refractivity contribution < 1.29 is 13.9 Å². The third-order valence-corrected chi connectivity index (χ3v) is 6.99. The van der Waals surface area contributed by atoms with Crippen LogP contribution < -0.4 is 20.9 Å². The smallest absolute Gasteiger partial charge is 0.291 e. The fraction of sp³-hybridized carbons (Fsp3) is 0.320. The highest BCUT2D eigenvalue weighted by Gasteiger charge is 2.32. The summed E-state index contributed by atoms with van der Waals surface area (Å²) in [7, 11) is 1.35. The number of hydrogen-bond acceptors (Lipinski definition) is 7. The number of nitrogens with zero attached hydrogens (tertiary/aromatic N) is 6. The van der Waals surface area contributed by atoms with Gasteiger partial charge >= 0.3 is 0 Å². The number of ether oxygens (including phenoxy) is 1. The molecule has 37 heavy (non-hydrogen) atoms. The first-order valence-electron chi connectivity index (χ1n) is 12.1. The van der Waals surface area contributed by atoms with E-state index in [0.717, 1.165) is 29.1 Å². The number of rotatable bonds is 8. The first-order chi connectivity index (χ1) is 18.0. The highest BCUT2D eigenvalue weighted by Crippen LogP contribution is 2.40. The van der Waals surface area contributed by atoms with Crippen molar-refractivity contribution in [2.24, 2.45) is 5.84 Å². The maximum absolute atomic E-state index is 14.9. The lowest BCUT2D eigenvalue weighted by molar-refractivity contribution is 0.0939. The van der Waals surface area contributed by atoms with E-state index in [1.54, 1.807) is 4.68 Å². The Bertz CT molecular complexity index is 1520. The number of hydrogen-bond donors (Lipinski definition) is 3. The van der Waals surface area contributed by atoms with Crippen molar-refractivity contribution in [1.29, 1.82) is 5.41 Å². The van der Waals surface area contributed by atoms with Crippen molar-refractivity contribution in [2.45, 2.75) is 44.2 Å². The molecule has 2 aliphatic rings. The summed E-state index contributed by atoms with van der Waals surface area (Å²) in [6, 6.07) is 7.12. The summed E-state index contributed by atoms with van der Waals surface area (Å²) in [5.74, 6) is 5.84. The zero-order valence-electron chi connectivity index (χ0n) is 20.2. The zero-order valence-corrected chi connectivity index (χ0v) is 20.2. The van der Waals surface area contributed by atoms with Gasteiger partial charge in [0, 0.05) is 31.0 Å². The van der Waals surface area contributed by atoms with E-state index in [-0.39, 0.29) is 35.3 Å². The normalized spacial score (nSPS) is 16.6. The Morgan fingerprint density at radius 1 is 1.27 bits per heavy atom. The minimum atomic E-state index is -0.672.